The van der Waals surface area contributed by atoms with Crippen LogP contribution in [0.25, 0.3) is 0 Å². The summed E-state index contributed by atoms with van der Waals surface area (Å²) >= 11 is 0. The van der Waals surface area contributed by atoms with E-state index < -0.39 is 0 Å². The summed E-state index contributed by atoms with van der Waals surface area (Å²) < 4.78 is 0. The average Bonchev–Trinajstić information content (AvgIpc) is 2.95. The van der Waals surface area contributed by atoms with Crippen molar-refractivity contribution in [1.29, 1.82) is 0 Å². The van der Waals surface area contributed by atoms with Gasteiger partial charge in [0, 0.05) is 30.8 Å². The van der Waals surface area contributed by atoms with Gasteiger partial charge in [0.05, 0.1) is 0 Å². The molecule has 0 unspecified atom stereocenters. The molecule has 4 heteroatoms. The molecule has 0 radical (unpaired) electrons. The third kappa shape index (κ3) is 3.77. The molecule has 2 aromatic rings. The van der Waals surface area contributed by atoms with E-state index in [2.05, 4.69) is 5.32 Å². The van der Waals surface area contributed by atoms with E-state index in [0.717, 1.165) is 29.8 Å². The number of likely N-dealkylation sites (tertiary alicyclic amines) is 1. The molecule has 1 aliphatic rings. The normalized spacial score (nSPS) is 14.1. The van der Waals surface area contributed by atoms with Crippen LogP contribution in [0.15, 0.2) is 48.5 Å². The molecule has 0 spiro atoms. The third-order valence-corrected chi connectivity index (χ3v) is 4.04. The van der Waals surface area contributed by atoms with Crippen LogP contribution < -0.4 is 5.32 Å². The van der Waals surface area contributed by atoms with Crippen molar-refractivity contribution in [3.63, 3.8) is 0 Å². The largest absolute Gasteiger partial charge is 0.338 e. The molecule has 0 bridgehead atoms. The summed E-state index contributed by atoms with van der Waals surface area (Å²) in [6, 6.07) is 15.2. The number of nitrogens with one attached hydrogen (secondary N) is 1. The van der Waals surface area contributed by atoms with E-state index >= 15 is 0 Å². The molecule has 2 aromatic carbocycles. The van der Waals surface area contributed by atoms with Gasteiger partial charge >= 0.3 is 0 Å². The molecule has 0 atom stereocenters. The first kappa shape index (κ1) is 15.3. The van der Waals surface area contributed by atoms with Crippen molar-refractivity contribution >= 4 is 17.5 Å². The molecule has 1 heterocycles. The van der Waals surface area contributed by atoms with Crippen molar-refractivity contribution in [2.45, 2.75) is 26.3 Å². The van der Waals surface area contributed by atoms with E-state index in [1.54, 1.807) is 6.07 Å². The maximum Gasteiger partial charge on any atom is 0.255 e. The van der Waals surface area contributed by atoms with Crippen molar-refractivity contribution in [2.24, 2.45) is 0 Å². The van der Waals surface area contributed by atoms with Crippen LogP contribution in [-0.4, -0.2) is 23.3 Å². The Bertz CT molecular complexity index is 722. The second-order valence-corrected chi connectivity index (χ2v) is 5.94. The van der Waals surface area contributed by atoms with Gasteiger partial charge in [-0.1, -0.05) is 29.8 Å². The lowest BCUT2D eigenvalue weighted by Gasteiger charge is -2.16. The molecule has 3 rings (SSSR count). The average molecular weight is 308 g/mol. The van der Waals surface area contributed by atoms with Crippen LogP contribution in [0, 0.1) is 6.92 Å². The zero-order valence-corrected chi connectivity index (χ0v) is 13.2. The third-order valence-electron chi connectivity index (χ3n) is 4.04. The van der Waals surface area contributed by atoms with Gasteiger partial charge in [-0.05, 0) is 43.2 Å². The van der Waals surface area contributed by atoms with Crippen LogP contribution in [-0.2, 0) is 11.3 Å². The Morgan fingerprint density at radius 2 is 1.96 bits per heavy atom. The van der Waals surface area contributed by atoms with Gasteiger partial charge in [0.25, 0.3) is 5.91 Å². The summed E-state index contributed by atoms with van der Waals surface area (Å²) in [7, 11) is 0. The summed E-state index contributed by atoms with van der Waals surface area (Å²) in [6.45, 7) is 3.39. The minimum absolute atomic E-state index is 0.136. The molecule has 0 saturated carbocycles. The second kappa shape index (κ2) is 6.65. The number of nitrogens with zero attached hydrogens (tertiary/aromatic N) is 1. The summed E-state index contributed by atoms with van der Waals surface area (Å²) in [4.78, 5) is 25.9. The van der Waals surface area contributed by atoms with Crippen LogP contribution >= 0.6 is 0 Å². The molecule has 1 fully saturated rings. The van der Waals surface area contributed by atoms with E-state index in [-0.39, 0.29) is 11.8 Å². The summed E-state index contributed by atoms with van der Waals surface area (Å²) in [5, 5.41) is 2.90. The lowest BCUT2D eigenvalue weighted by molar-refractivity contribution is -0.128. The molecule has 118 valence electrons. The maximum atomic E-state index is 12.4. The van der Waals surface area contributed by atoms with Gasteiger partial charge in [-0.3, -0.25) is 9.59 Å². The minimum atomic E-state index is -0.136. The summed E-state index contributed by atoms with van der Waals surface area (Å²) in [5.74, 6) is 0.0583. The van der Waals surface area contributed by atoms with Crippen molar-refractivity contribution < 1.29 is 9.59 Å². The first-order chi connectivity index (χ1) is 11.1. The summed E-state index contributed by atoms with van der Waals surface area (Å²) in [5.41, 5.74) is 3.52. The Balaban J connectivity index is 1.69. The van der Waals surface area contributed by atoms with Gasteiger partial charge in [0.2, 0.25) is 5.91 Å². The van der Waals surface area contributed by atoms with Crippen molar-refractivity contribution in [2.75, 3.05) is 11.9 Å². The molecule has 1 saturated heterocycles. The number of hydrogen-bond donors (Lipinski definition) is 1. The number of aryl methyl sites for hydroxylation is 1. The molecule has 1 aliphatic heterocycles. The lowest BCUT2D eigenvalue weighted by Crippen LogP contribution is -2.24. The number of amides is 2. The standard InChI is InChI=1S/C19H20N2O2/c1-14-7-9-17(10-8-14)20-19(23)16-5-2-4-15(12-16)13-21-11-3-6-18(21)22/h2,4-5,7-10,12H,3,6,11,13H2,1H3,(H,20,23). The lowest BCUT2D eigenvalue weighted by atomic mass is 10.1. The van der Waals surface area contributed by atoms with Gasteiger partial charge in [0.15, 0.2) is 0 Å². The highest BCUT2D eigenvalue weighted by molar-refractivity contribution is 6.04. The fourth-order valence-electron chi connectivity index (χ4n) is 2.74. The highest BCUT2D eigenvalue weighted by Gasteiger charge is 2.20. The van der Waals surface area contributed by atoms with Crippen molar-refractivity contribution in [1.82, 2.24) is 4.90 Å². The van der Waals surface area contributed by atoms with E-state index in [9.17, 15) is 9.59 Å². The number of carbonyl (C=O) groups is 2. The molecule has 4 nitrogen and oxygen atoms in total. The molecule has 1 N–H and O–H groups in total. The van der Waals surface area contributed by atoms with Crippen LogP contribution in [0.3, 0.4) is 0 Å². The Hall–Kier alpha value is -2.62. The van der Waals surface area contributed by atoms with Gasteiger partial charge in [-0.25, -0.2) is 0 Å². The van der Waals surface area contributed by atoms with E-state index in [4.69, 9.17) is 0 Å². The summed E-state index contributed by atoms with van der Waals surface area (Å²) in [6.07, 6.45) is 1.56. The van der Waals surface area contributed by atoms with Gasteiger partial charge in [-0.2, -0.15) is 0 Å². The molecule has 0 aliphatic carbocycles. The monoisotopic (exact) mass is 308 g/mol. The molecular formula is C19H20N2O2. The van der Waals surface area contributed by atoms with Crippen LogP contribution in [0.2, 0.25) is 0 Å². The number of hydrogen-bond acceptors (Lipinski definition) is 2. The van der Waals surface area contributed by atoms with E-state index in [1.165, 1.54) is 0 Å². The number of anilines is 1. The Morgan fingerprint density at radius 1 is 1.17 bits per heavy atom. The van der Waals surface area contributed by atoms with Gasteiger partial charge in [-0.15, -0.1) is 0 Å². The van der Waals surface area contributed by atoms with Gasteiger partial charge < -0.3 is 10.2 Å². The predicted octanol–water partition coefficient (Wildman–Crippen LogP) is 3.37. The first-order valence-corrected chi connectivity index (χ1v) is 7.86. The Morgan fingerprint density at radius 3 is 2.65 bits per heavy atom. The highest BCUT2D eigenvalue weighted by Crippen LogP contribution is 2.16. The first-order valence-electron chi connectivity index (χ1n) is 7.86. The molecular weight excluding hydrogens is 288 g/mol. The van der Waals surface area contributed by atoms with Crippen LogP contribution in [0.1, 0.15) is 34.3 Å². The molecule has 2 amide bonds. The Labute approximate surface area is 136 Å². The number of carbonyl (C=O) groups excluding carboxylic acids is 2. The molecule has 23 heavy (non-hydrogen) atoms. The maximum absolute atomic E-state index is 12.4. The van der Waals surface area contributed by atoms with E-state index in [1.807, 2.05) is 54.3 Å². The molecule has 0 aromatic heterocycles. The van der Waals surface area contributed by atoms with Gasteiger partial charge in [0.1, 0.15) is 0 Å². The smallest absolute Gasteiger partial charge is 0.255 e. The minimum Gasteiger partial charge on any atom is -0.338 e. The van der Waals surface area contributed by atoms with Crippen LogP contribution in [0.4, 0.5) is 5.69 Å². The second-order valence-electron chi connectivity index (χ2n) is 5.94. The zero-order valence-electron chi connectivity index (χ0n) is 13.2. The highest BCUT2D eigenvalue weighted by atomic mass is 16.2. The number of rotatable bonds is 4. The fourth-order valence-corrected chi connectivity index (χ4v) is 2.74. The van der Waals surface area contributed by atoms with Crippen molar-refractivity contribution in [3.05, 3.63) is 65.2 Å². The fraction of sp³-hybridized carbons (Fsp3) is 0.263. The quantitative estimate of drug-likeness (QED) is 0.941. The van der Waals surface area contributed by atoms with Crippen LogP contribution in [0.5, 0.6) is 0 Å². The van der Waals surface area contributed by atoms with E-state index in [0.29, 0.717) is 18.5 Å². The predicted molar refractivity (Wildman–Crippen MR) is 90.2 cm³/mol. The SMILES string of the molecule is Cc1ccc(NC(=O)c2cccc(CN3CCCC3=O)c2)cc1. The zero-order chi connectivity index (χ0) is 16.2. The van der Waals surface area contributed by atoms with Crippen molar-refractivity contribution in [3.8, 4) is 0 Å². The topological polar surface area (TPSA) is 49.4 Å². The Kier molecular flexibility index (Phi) is 4.42. The number of benzene rings is 2.